The summed E-state index contributed by atoms with van der Waals surface area (Å²) < 4.78 is 0. The Morgan fingerprint density at radius 3 is 3.06 bits per heavy atom. The molecule has 0 atom stereocenters. The number of oxime groups is 1. The highest BCUT2D eigenvalue weighted by molar-refractivity contribution is 6.00. The number of carbonyl (C=O) groups excluding carboxylic acids is 1. The lowest BCUT2D eigenvalue weighted by molar-refractivity contribution is -0.127. The Balaban J connectivity index is 1.95. The second-order valence-corrected chi connectivity index (χ2v) is 4.02. The summed E-state index contributed by atoms with van der Waals surface area (Å²) >= 11 is 0. The van der Waals surface area contributed by atoms with Gasteiger partial charge in [-0.05, 0) is 18.6 Å². The highest BCUT2D eigenvalue weighted by Gasteiger charge is 2.20. The molecule has 1 saturated heterocycles. The van der Waals surface area contributed by atoms with E-state index in [4.69, 9.17) is 5.21 Å². The zero-order chi connectivity index (χ0) is 12.1. The second kappa shape index (κ2) is 5.43. The molecule has 1 N–H and O–H groups in total. The Bertz CT molecular complexity index is 417. The molecular weight excluding hydrogens is 218 g/mol. The highest BCUT2D eigenvalue weighted by Crippen LogP contribution is 2.11. The van der Waals surface area contributed by atoms with Crippen molar-refractivity contribution in [1.82, 2.24) is 9.88 Å². The molecule has 1 aromatic heterocycles. The quantitative estimate of drug-likeness (QED) is 0.484. The molecule has 0 radical (unpaired) electrons. The number of likely N-dealkylation sites (tertiary alicyclic amines) is 1. The summed E-state index contributed by atoms with van der Waals surface area (Å²) in [4.78, 5) is 17.2. The molecule has 1 aromatic rings. The Morgan fingerprint density at radius 1 is 1.59 bits per heavy atom. The zero-order valence-corrected chi connectivity index (χ0v) is 9.54. The SMILES string of the molecule is O=C1CCCN1CCC(=NO)c1cccnc1. The lowest BCUT2D eigenvalue weighted by Crippen LogP contribution is -2.27. The van der Waals surface area contributed by atoms with Crippen LogP contribution in [0.5, 0.6) is 0 Å². The molecule has 2 heterocycles. The monoisotopic (exact) mass is 233 g/mol. The number of hydrogen-bond acceptors (Lipinski definition) is 4. The van der Waals surface area contributed by atoms with E-state index in [9.17, 15) is 4.79 Å². The fourth-order valence-corrected chi connectivity index (χ4v) is 1.97. The third kappa shape index (κ3) is 2.81. The average Bonchev–Trinajstić information content (AvgIpc) is 2.77. The lowest BCUT2D eigenvalue weighted by atomic mass is 10.1. The Hall–Kier alpha value is -1.91. The van der Waals surface area contributed by atoms with Crippen LogP contribution < -0.4 is 0 Å². The average molecular weight is 233 g/mol. The molecule has 5 nitrogen and oxygen atoms in total. The molecule has 90 valence electrons. The first kappa shape index (κ1) is 11.6. The molecule has 0 aromatic carbocycles. The number of hydrogen-bond donors (Lipinski definition) is 1. The van der Waals surface area contributed by atoms with Crippen molar-refractivity contribution in [2.75, 3.05) is 13.1 Å². The fraction of sp³-hybridized carbons (Fsp3) is 0.417. The Kier molecular flexibility index (Phi) is 3.69. The van der Waals surface area contributed by atoms with Crippen LogP contribution in [0.1, 0.15) is 24.8 Å². The molecule has 2 rings (SSSR count). The van der Waals surface area contributed by atoms with Crippen molar-refractivity contribution in [2.45, 2.75) is 19.3 Å². The first-order chi connectivity index (χ1) is 8.31. The molecule has 5 heteroatoms. The molecule has 17 heavy (non-hydrogen) atoms. The van der Waals surface area contributed by atoms with Crippen LogP contribution in [0.15, 0.2) is 29.7 Å². The normalized spacial score (nSPS) is 16.6. The Labute approximate surface area is 99.8 Å². The first-order valence-corrected chi connectivity index (χ1v) is 5.70. The minimum absolute atomic E-state index is 0.188. The van der Waals surface area contributed by atoms with E-state index in [0.717, 1.165) is 18.5 Å². The van der Waals surface area contributed by atoms with Gasteiger partial charge >= 0.3 is 0 Å². The summed E-state index contributed by atoms with van der Waals surface area (Å²) in [5.41, 5.74) is 1.36. The van der Waals surface area contributed by atoms with Gasteiger partial charge < -0.3 is 10.1 Å². The van der Waals surface area contributed by atoms with Crippen LogP contribution in [0.3, 0.4) is 0 Å². The molecular formula is C12H15N3O2. The van der Waals surface area contributed by atoms with Gasteiger partial charge in [0.2, 0.25) is 5.91 Å². The first-order valence-electron chi connectivity index (χ1n) is 5.70. The third-order valence-corrected chi connectivity index (χ3v) is 2.91. The number of aromatic nitrogens is 1. The van der Waals surface area contributed by atoms with Gasteiger partial charge in [0.25, 0.3) is 0 Å². The zero-order valence-electron chi connectivity index (χ0n) is 9.54. The minimum atomic E-state index is 0.188. The molecule has 0 saturated carbocycles. The largest absolute Gasteiger partial charge is 0.411 e. The maximum absolute atomic E-state index is 11.4. The van der Waals surface area contributed by atoms with E-state index >= 15 is 0 Å². The molecule has 0 bridgehead atoms. The topological polar surface area (TPSA) is 65.8 Å². The number of pyridine rings is 1. The van der Waals surface area contributed by atoms with Crippen molar-refractivity contribution in [3.8, 4) is 0 Å². The summed E-state index contributed by atoms with van der Waals surface area (Å²) in [6.45, 7) is 1.41. The van der Waals surface area contributed by atoms with Gasteiger partial charge in [-0.1, -0.05) is 5.16 Å². The van der Waals surface area contributed by atoms with Gasteiger partial charge in [-0.3, -0.25) is 9.78 Å². The van der Waals surface area contributed by atoms with Crippen molar-refractivity contribution in [3.05, 3.63) is 30.1 Å². The summed E-state index contributed by atoms with van der Waals surface area (Å²) in [7, 11) is 0. The van der Waals surface area contributed by atoms with Crippen molar-refractivity contribution in [1.29, 1.82) is 0 Å². The second-order valence-electron chi connectivity index (χ2n) is 4.02. The van der Waals surface area contributed by atoms with E-state index in [-0.39, 0.29) is 5.91 Å². The third-order valence-electron chi connectivity index (χ3n) is 2.91. The maximum Gasteiger partial charge on any atom is 0.222 e. The maximum atomic E-state index is 11.4. The van der Waals surface area contributed by atoms with Crippen LogP contribution in [0.2, 0.25) is 0 Å². The standard InChI is InChI=1S/C12H15N3O2/c16-12-4-2-7-15(12)8-5-11(14-17)10-3-1-6-13-9-10/h1,3,6,9,17H,2,4-5,7-8H2. The smallest absolute Gasteiger partial charge is 0.222 e. The molecule has 0 aliphatic carbocycles. The van der Waals surface area contributed by atoms with Gasteiger partial charge in [0.05, 0.1) is 5.71 Å². The predicted molar refractivity (Wildman–Crippen MR) is 63.0 cm³/mol. The van der Waals surface area contributed by atoms with Crippen molar-refractivity contribution in [3.63, 3.8) is 0 Å². The Morgan fingerprint density at radius 2 is 2.47 bits per heavy atom. The van der Waals surface area contributed by atoms with Gasteiger partial charge in [0.1, 0.15) is 0 Å². The van der Waals surface area contributed by atoms with Crippen LogP contribution in [-0.2, 0) is 4.79 Å². The molecule has 1 aliphatic rings. The molecule has 0 unspecified atom stereocenters. The van der Waals surface area contributed by atoms with Gasteiger partial charge in [-0.15, -0.1) is 0 Å². The molecule has 1 aliphatic heterocycles. The van der Waals surface area contributed by atoms with Crippen LogP contribution >= 0.6 is 0 Å². The van der Waals surface area contributed by atoms with Gasteiger partial charge in [0, 0.05) is 43.9 Å². The molecule has 0 spiro atoms. The van der Waals surface area contributed by atoms with Crippen LogP contribution in [0.4, 0.5) is 0 Å². The predicted octanol–water partition coefficient (Wildman–Crippen LogP) is 1.27. The summed E-state index contributed by atoms with van der Waals surface area (Å²) in [5.74, 6) is 0.188. The van der Waals surface area contributed by atoms with Gasteiger partial charge in [-0.25, -0.2) is 0 Å². The van der Waals surface area contributed by atoms with E-state index in [2.05, 4.69) is 10.1 Å². The van der Waals surface area contributed by atoms with E-state index < -0.39 is 0 Å². The van der Waals surface area contributed by atoms with E-state index in [1.165, 1.54) is 0 Å². The van der Waals surface area contributed by atoms with E-state index in [1.807, 2.05) is 11.0 Å². The van der Waals surface area contributed by atoms with E-state index in [1.54, 1.807) is 18.5 Å². The molecule has 1 amide bonds. The van der Waals surface area contributed by atoms with Gasteiger partial charge in [0.15, 0.2) is 0 Å². The summed E-state index contributed by atoms with van der Waals surface area (Å²) in [6, 6.07) is 3.63. The number of nitrogens with zero attached hydrogens (tertiary/aromatic N) is 3. The number of rotatable bonds is 4. The summed E-state index contributed by atoms with van der Waals surface area (Å²) in [5, 5.41) is 12.3. The van der Waals surface area contributed by atoms with Crippen molar-refractivity contribution in [2.24, 2.45) is 5.16 Å². The number of amides is 1. The fourth-order valence-electron chi connectivity index (χ4n) is 1.97. The van der Waals surface area contributed by atoms with Crippen LogP contribution in [-0.4, -0.2) is 39.8 Å². The highest BCUT2D eigenvalue weighted by atomic mass is 16.4. The van der Waals surface area contributed by atoms with Crippen molar-refractivity contribution < 1.29 is 10.0 Å². The molecule has 1 fully saturated rings. The number of carbonyl (C=O) groups is 1. The summed E-state index contributed by atoms with van der Waals surface area (Å²) in [6.07, 6.45) is 5.44. The van der Waals surface area contributed by atoms with E-state index in [0.29, 0.717) is 25.1 Å². The lowest BCUT2D eigenvalue weighted by Gasteiger charge is -2.15. The van der Waals surface area contributed by atoms with Crippen LogP contribution in [0, 0.1) is 0 Å². The minimum Gasteiger partial charge on any atom is -0.411 e. The van der Waals surface area contributed by atoms with Gasteiger partial charge in [-0.2, -0.15) is 0 Å². The van der Waals surface area contributed by atoms with Crippen LogP contribution in [0.25, 0.3) is 0 Å². The van der Waals surface area contributed by atoms with Crippen molar-refractivity contribution >= 4 is 11.6 Å².